The Balaban J connectivity index is 1.87. The van der Waals surface area contributed by atoms with Gasteiger partial charge < -0.3 is 15.4 Å². The van der Waals surface area contributed by atoms with Crippen molar-refractivity contribution in [1.82, 2.24) is 10.6 Å². The lowest BCUT2D eigenvalue weighted by atomic mass is 9.99. The average molecular weight is 379 g/mol. The molecule has 1 atom stereocenters. The zero-order valence-corrected chi connectivity index (χ0v) is 15.3. The number of benzene rings is 1. The first-order chi connectivity index (χ1) is 12.5. The van der Waals surface area contributed by atoms with Crippen LogP contribution in [0.3, 0.4) is 0 Å². The summed E-state index contributed by atoms with van der Waals surface area (Å²) in [6.07, 6.45) is 5.12. The van der Waals surface area contributed by atoms with E-state index < -0.39 is 5.92 Å². The van der Waals surface area contributed by atoms with E-state index >= 15 is 0 Å². The van der Waals surface area contributed by atoms with Gasteiger partial charge >= 0.3 is 5.97 Å². The van der Waals surface area contributed by atoms with Crippen LogP contribution in [0.2, 0.25) is 5.02 Å². The molecular weight excluding hydrogens is 356 g/mol. The van der Waals surface area contributed by atoms with E-state index in [0.29, 0.717) is 30.8 Å². The molecule has 0 aromatic heterocycles. The molecular formula is C19H23ClN2O4. The maximum Gasteiger partial charge on any atom is 0.306 e. The van der Waals surface area contributed by atoms with E-state index in [1.807, 2.05) is 24.3 Å². The zero-order valence-electron chi connectivity index (χ0n) is 14.5. The minimum atomic E-state index is -0.452. The van der Waals surface area contributed by atoms with Gasteiger partial charge in [0.05, 0.1) is 12.5 Å². The van der Waals surface area contributed by atoms with Crippen molar-refractivity contribution in [1.29, 1.82) is 0 Å². The molecule has 1 aliphatic heterocycles. The monoisotopic (exact) mass is 378 g/mol. The second-order valence-electron chi connectivity index (χ2n) is 6.06. The Hall–Kier alpha value is -2.34. The Morgan fingerprint density at radius 2 is 2.00 bits per heavy atom. The Bertz CT molecular complexity index is 658. The van der Waals surface area contributed by atoms with Gasteiger partial charge in [-0.25, -0.2) is 0 Å². The Kier molecular flexibility index (Phi) is 8.15. The maximum atomic E-state index is 12.3. The standard InChI is InChI=1S/C19H23ClN2O4/c20-16-8-6-14(7-9-16)13-22-17(23)12-15-4-2-1-3-5-18(24)26-11-10-21-19(15)25/h1-2,6-9,15H,3-5,10-13H2,(H,21,25)(H,22,23)/t15-/m0/s1. The lowest BCUT2D eigenvalue weighted by Gasteiger charge is -2.16. The van der Waals surface area contributed by atoms with E-state index in [0.717, 1.165) is 5.56 Å². The van der Waals surface area contributed by atoms with Crippen LogP contribution in [0, 0.1) is 5.92 Å². The molecule has 1 aromatic rings. The predicted molar refractivity (Wildman–Crippen MR) is 98.4 cm³/mol. The molecule has 2 rings (SSSR count). The fraction of sp³-hybridized carbons (Fsp3) is 0.421. The van der Waals surface area contributed by atoms with Crippen molar-refractivity contribution >= 4 is 29.4 Å². The van der Waals surface area contributed by atoms with Gasteiger partial charge in [-0.3, -0.25) is 14.4 Å². The van der Waals surface area contributed by atoms with Crippen molar-refractivity contribution in [2.75, 3.05) is 13.2 Å². The van der Waals surface area contributed by atoms with Crippen LogP contribution >= 0.6 is 11.6 Å². The highest BCUT2D eigenvalue weighted by atomic mass is 35.5. The summed E-state index contributed by atoms with van der Waals surface area (Å²) in [7, 11) is 0. The molecule has 1 heterocycles. The first-order valence-corrected chi connectivity index (χ1v) is 9.02. The van der Waals surface area contributed by atoms with Crippen molar-refractivity contribution in [3.8, 4) is 0 Å². The number of ether oxygens (including phenoxy) is 1. The quantitative estimate of drug-likeness (QED) is 0.622. The molecule has 0 bridgehead atoms. The fourth-order valence-electron chi connectivity index (χ4n) is 2.52. The summed E-state index contributed by atoms with van der Waals surface area (Å²) in [4.78, 5) is 35.9. The van der Waals surface area contributed by atoms with Crippen molar-refractivity contribution in [2.45, 2.75) is 32.2 Å². The molecule has 1 aliphatic rings. The third-order valence-corrected chi connectivity index (χ3v) is 4.22. The van der Waals surface area contributed by atoms with Crippen molar-refractivity contribution in [3.63, 3.8) is 0 Å². The molecule has 140 valence electrons. The Labute approximate surface area is 157 Å². The highest BCUT2D eigenvalue weighted by molar-refractivity contribution is 6.30. The molecule has 0 aliphatic carbocycles. The van der Waals surface area contributed by atoms with Crippen molar-refractivity contribution in [3.05, 3.63) is 47.0 Å². The predicted octanol–water partition coefficient (Wildman–Crippen LogP) is 2.36. The van der Waals surface area contributed by atoms with E-state index in [-0.39, 0.29) is 37.4 Å². The number of amides is 2. The molecule has 0 spiro atoms. The zero-order chi connectivity index (χ0) is 18.8. The van der Waals surface area contributed by atoms with Crippen molar-refractivity contribution in [2.24, 2.45) is 5.92 Å². The second-order valence-corrected chi connectivity index (χ2v) is 6.50. The number of carbonyl (C=O) groups excluding carboxylic acids is 3. The van der Waals surface area contributed by atoms with Gasteiger partial charge in [0.15, 0.2) is 0 Å². The fourth-order valence-corrected chi connectivity index (χ4v) is 2.64. The smallest absolute Gasteiger partial charge is 0.306 e. The number of hydrogen-bond donors (Lipinski definition) is 2. The van der Waals surface area contributed by atoms with Gasteiger partial charge in [-0.15, -0.1) is 0 Å². The highest BCUT2D eigenvalue weighted by Crippen LogP contribution is 2.13. The second kappa shape index (κ2) is 10.6. The number of cyclic esters (lactones) is 1. The molecule has 7 heteroatoms. The molecule has 0 unspecified atom stereocenters. The van der Waals surface area contributed by atoms with Crippen LogP contribution in [0.25, 0.3) is 0 Å². The van der Waals surface area contributed by atoms with Crippen molar-refractivity contribution < 1.29 is 19.1 Å². The third kappa shape index (κ3) is 7.27. The van der Waals surface area contributed by atoms with Gasteiger partial charge in [0.25, 0.3) is 0 Å². The van der Waals surface area contributed by atoms with Crippen LogP contribution in [0.5, 0.6) is 0 Å². The summed E-state index contributed by atoms with van der Waals surface area (Å²) in [5, 5.41) is 6.18. The third-order valence-electron chi connectivity index (χ3n) is 3.97. The van der Waals surface area contributed by atoms with E-state index in [9.17, 15) is 14.4 Å². The SMILES string of the molecule is O=C(C[C@@H]1CC=CCCC(=O)OCCNC1=O)NCc1ccc(Cl)cc1. The first kappa shape index (κ1) is 20.0. The van der Waals surface area contributed by atoms with E-state index in [1.165, 1.54) is 0 Å². The normalized spacial score (nSPS) is 18.9. The number of nitrogens with one attached hydrogen (secondary N) is 2. The number of halogens is 1. The van der Waals surface area contributed by atoms with Gasteiger partial charge in [0.1, 0.15) is 6.61 Å². The Morgan fingerprint density at radius 3 is 2.77 bits per heavy atom. The van der Waals surface area contributed by atoms with Crippen LogP contribution in [0.1, 0.15) is 31.2 Å². The number of hydrogen-bond acceptors (Lipinski definition) is 4. The van der Waals surface area contributed by atoms with Gasteiger partial charge in [0, 0.05) is 24.4 Å². The summed E-state index contributed by atoms with van der Waals surface area (Å²) in [6.45, 7) is 0.775. The minimum absolute atomic E-state index is 0.101. The van der Waals surface area contributed by atoms with Crippen LogP contribution in [-0.2, 0) is 25.7 Å². The van der Waals surface area contributed by atoms with Gasteiger partial charge in [-0.05, 0) is 30.5 Å². The summed E-state index contributed by atoms with van der Waals surface area (Å²) >= 11 is 5.84. The minimum Gasteiger partial charge on any atom is -0.464 e. The van der Waals surface area contributed by atoms with E-state index in [1.54, 1.807) is 12.1 Å². The van der Waals surface area contributed by atoms with E-state index in [2.05, 4.69) is 10.6 Å². The Morgan fingerprint density at radius 1 is 1.23 bits per heavy atom. The summed E-state index contributed by atoms with van der Waals surface area (Å²) in [5.74, 6) is -1.13. The van der Waals surface area contributed by atoms with Crippen LogP contribution < -0.4 is 10.6 Å². The largest absolute Gasteiger partial charge is 0.464 e. The van der Waals surface area contributed by atoms with Gasteiger partial charge in [-0.1, -0.05) is 35.9 Å². The molecule has 0 saturated heterocycles. The molecule has 0 fully saturated rings. The number of carbonyl (C=O) groups is 3. The molecule has 2 N–H and O–H groups in total. The van der Waals surface area contributed by atoms with Gasteiger partial charge in [0.2, 0.25) is 11.8 Å². The summed E-state index contributed by atoms with van der Waals surface area (Å²) in [5.41, 5.74) is 0.938. The van der Waals surface area contributed by atoms with Crippen LogP contribution in [0.4, 0.5) is 0 Å². The molecule has 26 heavy (non-hydrogen) atoms. The van der Waals surface area contributed by atoms with Gasteiger partial charge in [-0.2, -0.15) is 0 Å². The molecule has 0 saturated carbocycles. The topological polar surface area (TPSA) is 84.5 Å². The summed E-state index contributed by atoms with van der Waals surface area (Å²) < 4.78 is 5.00. The summed E-state index contributed by atoms with van der Waals surface area (Å²) in [6, 6.07) is 7.21. The van der Waals surface area contributed by atoms with E-state index in [4.69, 9.17) is 16.3 Å². The average Bonchev–Trinajstić information content (AvgIpc) is 2.62. The first-order valence-electron chi connectivity index (χ1n) is 8.64. The lowest BCUT2D eigenvalue weighted by molar-refractivity contribution is -0.144. The molecule has 0 radical (unpaired) electrons. The van der Waals surface area contributed by atoms with Crippen LogP contribution in [-0.4, -0.2) is 30.9 Å². The highest BCUT2D eigenvalue weighted by Gasteiger charge is 2.21. The molecule has 2 amide bonds. The maximum absolute atomic E-state index is 12.3. The molecule has 1 aromatic carbocycles. The van der Waals surface area contributed by atoms with Crippen LogP contribution in [0.15, 0.2) is 36.4 Å². The number of esters is 1. The number of rotatable bonds is 4. The molecule has 6 nitrogen and oxygen atoms in total. The lowest BCUT2D eigenvalue weighted by Crippen LogP contribution is -2.36. The number of allylic oxidation sites excluding steroid dienone is 2.